The highest BCUT2D eigenvalue weighted by Crippen LogP contribution is 2.33. The van der Waals surface area contributed by atoms with Gasteiger partial charge >= 0.3 is 11.8 Å². The molecular formula is C24H27IN4O7. The van der Waals surface area contributed by atoms with Crippen LogP contribution in [0.25, 0.3) is 0 Å². The molecule has 1 fully saturated rings. The Hall–Kier alpha value is -3.39. The molecular weight excluding hydrogens is 583 g/mol. The normalized spacial score (nSPS) is 14.8. The van der Waals surface area contributed by atoms with Gasteiger partial charge in [0, 0.05) is 18.8 Å². The van der Waals surface area contributed by atoms with E-state index in [0.717, 1.165) is 12.8 Å². The zero-order valence-corrected chi connectivity index (χ0v) is 22.0. The highest BCUT2D eigenvalue weighted by molar-refractivity contribution is 14.1. The third kappa shape index (κ3) is 8.09. The van der Waals surface area contributed by atoms with Crippen molar-refractivity contribution in [2.45, 2.75) is 18.9 Å². The number of benzene rings is 2. The van der Waals surface area contributed by atoms with E-state index in [1.807, 2.05) is 22.6 Å². The van der Waals surface area contributed by atoms with Crippen LogP contribution in [0.15, 0.2) is 41.5 Å². The summed E-state index contributed by atoms with van der Waals surface area (Å²) in [7, 11) is 3.04. The van der Waals surface area contributed by atoms with Crippen LogP contribution in [0.4, 0.5) is 5.69 Å². The third-order valence-corrected chi connectivity index (χ3v) is 5.87. The predicted molar refractivity (Wildman–Crippen MR) is 141 cm³/mol. The molecule has 0 spiro atoms. The van der Waals surface area contributed by atoms with E-state index in [9.17, 15) is 14.4 Å². The number of carbonyl (C=O) groups is 3. The van der Waals surface area contributed by atoms with Gasteiger partial charge in [-0.3, -0.25) is 14.4 Å². The standard InChI is InChI=1S/C24H27IN4O7/c1-33-17-7-5-16(6-8-17)28-21(30)14-36-22-19(25)10-15(11-20(22)34-2)12-27-29-24(32)23(31)26-13-18-4-3-9-35-18/h5-8,10-12,18H,3-4,9,13-14H2,1-2H3,(H,26,31)(H,28,30)(H,29,32)/b27-12-/t18-/m0/s1. The first-order valence-electron chi connectivity index (χ1n) is 11.1. The number of anilines is 1. The van der Waals surface area contributed by atoms with Crippen molar-refractivity contribution in [3.05, 3.63) is 45.5 Å². The summed E-state index contributed by atoms with van der Waals surface area (Å²) in [4.78, 5) is 36.1. The van der Waals surface area contributed by atoms with E-state index in [4.69, 9.17) is 18.9 Å². The second kappa shape index (κ2) is 13.6. The molecule has 0 radical (unpaired) electrons. The van der Waals surface area contributed by atoms with Crippen molar-refractivity contribution in [1.29, 1.82) is 0 Å². The quantitative estimate of drug-likeness (QED) is 0.162. The Bertz CT molecular complexity index is 1100. The Kier molecular flexibility index (Phi) is 10.3. The van der Waals surface area contributed by atoms with Crippen LogP contribution < -0.4 is 30.3 Å². The molecule has 3 rings (SSSR count). The molecule has 1 heterocycles. The van der Waals surface area contributed by atoms with E-state index < -0.39 is 11.8 Å². The van der Waals surface area contributed by atoms with Crippen molar-refractivity contribution < 1.29 is 33.3 Å². The molecule has 0 unspecified atom stereocenters. The molecule has 192 valence electrons. The van der Waals surface area contributed by atoms with Gasteiger partial charge in [0.1, 0.15) is 5.75 Å². The van der Waals surface area contributed by atoms with Gasteiger partial charge < -0.3 is 29.6 Å². The summed E-state index contributed by atoms with van der Waals surface area (Å²) in [5, 5.41) is 9.10. The number of hydrazone groups is 1. The number of carbonyl (C=O) groups excluding carboxylic acids is 3. The number of amides is 3. The predicted octanol–water partition coefficient (Wildman–Crippen LogP) is 2.07. The van der Waals surface area contributed by atoms with Gasteiger partial charge in [-0.15, -0.1) is 0 Å². The molecule has 3 N–H and O–H groups in total. The number of hydrogen-bond acceptors (Lipinski definition) is 8. The zero-order chi connectivity index (χ0) is 25.9. The Morgan fingerprint density at radius 3 is 2.58 bits per heavy atom. The van der Waals surface area contributed by atoms with Crippen LogP contribution in [0.5, 0.6) is 17.2 Å². The number of nitrogens with zero attached hydrogens (tertiary/aromatic N) is 1. The molecule has 11 nitrogen and oxygen atoms in total. The van der Waals surface area contributed by atoms with Crippen LogP contribution >= 0.6 is 22.6 Å². The Morgan fingerprint density at radius 2 is 1.92 bits per heavy atom. The van der Waals surface area contributed by atoms with Crippen molar-refractivity contribution in [2.24, 2.45) is 5.10 Å². The van der Waals surface area contributed by atoms with E-state index in [1.54, 1.807) is 43.5 Å². The Morgan fingerprint density at radius 1 is 1.14 bits per heavy atom. The maximum atomic E-state index is 12.3. The summed E-state index contributed by atoms with van der Waals surface area (Å²) in [6.07, 6.45) is 3.11. The van der Waals surface area contributed by atoms with Crippen LogP contribution in [0.3, 0.4) is 0 Å². The highest BCUT2D eigenvalue weighted by Gasteiger charge is 2.19. The lowest BCUT2D eigenvalue weighted by Crippen LogP contribution is -2.41. The first-order chi connectivity index (χ1) is 17.4. The van der Waals surface area contributed by atoms with E-state index in [2.05, 4.69) is 21.2 Å². The van der Waals surface area contributed by atoms with E-state index in [0.29, 0.717) is 38.7 Å². The van der Waals surface area contributed by atoms with Crippen molar-refractivity contribution in [1.82, 2.24) is 10.7 Å². The maximum absolute atomic E-state index is 12.3. The van der Waals surface area contributed by atoms with Gasteiger partial charge in [-0.05, 0) is 77.4 Å². The van der Waals surface area contributed by atoms with Crippen molar-refractivity contribution in [3.63, 3.8) is 0 Å². The molecule has 1 atom stereocenters. The first kappa shape index (κ1) is 27.2. The monoisotopic (exact) mass is 610 g/mol. The molecule has 1 aliphatic rings. The van der Waals surface area contributed by atoms with Crippen LogP contribution in [-0.4, -0.2) is 64.0 Å². The lowest BCUT2D eigenvalue weighted by atomic mass is 10.2. The number of hydrogen-bond donors (Lipinski definition) is 3. The summed E-state index contributed by atoms with van der Waals surface area (Å²) in [5.74, 6) is -0.562. The zero-order valence-electron chi connectivity index (χ0n) is 19.8. The minimum Gasteiger partial charge on any atom is -0.497 e. The molecule has 12 heteroatoms. The lowest BCUT2D eigenvalue weighted by molar-refractivity contribution is -0.139. The number of nitrogens with one attached hydrogen (secondary N) is 3. The second-order valence-corrected chi connectivity index (χ2v) is 8.81. The average Bonchev–Trinajstić information content (AvgIpc) is 3.40. The van der Waals surface area contributed by atoms with Gasteiger partial charge in [0.05, 0.1) is 30.1 Å². The molecule has 2 aromatic carbocycles. The summed E-state index contributed by atoms with van der Waals surface area (Å²) in [6, 6.07) is 10.3. The molecule has 3 amide bonds. The number of rotatable bonds is 10. The van der Waals surface area contributed by atoms with Gasteiger partial charge in [0.15, 0.2) is 18.1 Å². The highest BCUT2D eigenvalue weighted by atomic mass is 127. The van der Waals surface area contributed by atoms with Gasteiger partial charge in [0.25, 0.3) is 5.91 Å². The van der Waals surface area contributed by atoms with Crippen LogP contribution in [-0.2, 0) is 19.1 Å². The van der Waals surface area contributed by atoms with Gasteiger partial charge in [-0.2, -0.15) is 5.10 Å². The van der Waals surface area contributed by atoms with E-state index in [-0.39, 0.29) is 25.2 Å². The average molecular weight is 610 g/mol. The molecule has 0 aliphatic carbocycles. The van der Waals surface area contributed by atoms with Crippen molar-refractivity contribution >= 4 is 52.2 Å². The van der Waals surface area contributed by atoms with E-state index >= 15 is 0 Å². The molecule has 1 aliphatic heterocycles. The molecule has 0 bridgehead atoms. The summed E-state index contributed by atoms with van der Waals surface area (Å²) in [5.41, 5.74) is 3.39. The summed E-state index contributed by atoms with van der Waals surface area (Å²) < 4.78 is 22.2. The molecule has 1 saturated heterocycles. The molecule has 2 aromatic rings. The number of methoxy groups -OCH3 is 2. The largest absolute Gasteiger partial charge is 0.497 e. The van der Waals surface area contributed by atoms with Gasteiger partial charge in [-0.1, -0.05) is 0 Å². The maximum Gasteiger partial charge on any atom is 0.329 e. The SMILES string of the molecule is COc1ccc(NC(=O)COc2c(I)cc(/C=N\NC(=O)C(=O)NC[C@@H]3CCCO3)cc2OC)cc1. The van der Waals surface area contributed by atoms with Crippen LogP contribution in [0.2, 0.25) is 0 Å². The molecule has 36 heavy (non-hydrogen) atoms. The van der Waals surface area contributed by atoms with Gasteiger partial charge in [0.2, 0.25) is 0 Å². The fourth-order valence-electron chi connectivity index (χ4n) is 3.27. The number of halogens is 1. The van der Waals surface area contributed by atoms with Crippen molar-refractivity contribution in [2.75, 3.05) is 39.3 Å². The Labute approximate surface area is 222 Å². The topological polar surface area (TPSA) is 137 Å². The van der Waals surface area contributed by atoms with E-state index in [1.165, 1.54) is 13.3 Å². The minimum absolute atomic E-state index is 0.0611. The smallest absolute Gasteiger partial charge is 0.329 e. The lowest BCUT2D eigenvalue weighted by Gasteiger charge is -2.13. The fraction of sp³-hybridized carbons (Fsp3) is 0.333. The summed E-state index contributed by atoms with van der Waals surface area (Å²) >= 11 is 2.04. The Balaban J connectivity index is 1.52. The third-order valence-electron chi connectivity index (χ3n) is 5.07. The first-order valence-corrected chi connectivity index (χ1v) is 12.1. The molecule has 0 saturated carbocycles. The summed E-state index contributed by atoms with van der Waals surface area (Å²) in [6.45, 7) is 0.716. The van der Waals surface area contributed by atoms with Gasteiger partial charge in [-0.25, -0.2) is 5.43 Å². The van der Waals surface area contributed by atoms with Crippen molar-refractivity contribution in [3.8, 4) is 17.2 Å². The second-order valence-electron chi connectivity index (χ2n) is 7.64. The minimum atomic E-state index is -0.881. The van der Waals surface area contributed by atoms with Crippen LogP contribution in [0.1, 0.15) is 18.4 Å². The molecule has 0 aromatic heterocycles. The van der Waals surface area contributed by atoms with Crippen LogP contribution in [0, 0.1) is 3.57 Å². The number of ether oxygens (including phenoxy) is 4. The fourth-order valence-corrected chi connectivity index (χ4v) is 4.05.